The van der Waals surface area contributed by atoms with Crippen LogP contribution in [0.2, 0.25) is 0 Å². The van der Waals surface area contributed by atoms with E-state index in [2.05, 4.69) is 18.7 Å². The third kappa shape index (κ3) is 3.18. The third-order valence-corrected chi connectivity index (χ3v) is 3.23. The van der Waals surface area contributed by atoms with Crippen molar-refractivity contribution in [3.8, 4) is 0 Å². The number of carbonyl (C=O) groups excluding carboxylic acids is 1. The second-order valence-electron chi connectivity index (χ2n) is 4.90. The second-order valence-corrected chi connectivity index (χ2v) is 4.90. The van der Waals surface area contributed by atoms with Crippen LogP contribution in [0.3, 0.4) is 0 Å². The lowest BCUT2D eigenvalue weighted by Crippen LogP contribution is -2.53. The number of hydrogen-bond donors (Lipinski definition) is 2. The Balaban J connectivity index is 2.52. The summed E-state index contributed by atoms with van der Waals surface area (Å²) in [5, 5.41) is 0. The normalized spacial score (nSPS) is 22.5. The van der Waals surface area contributed by atoms with Gasteiger partial charge in [0, 0.05) is 12.1 Å². The molecule has 4 N–H and O–H groups in total. The fraction of sp³-hybridized carbons (Fsp3) is 0.909. The van der Waals surface area contributed by atoms with Crippen molar-refractivity contribution < 1.29 is 4.79 Å². The second kappa shape index (κ2) is 4.49. The standard InChI is InChI=1S/C11H23N3O/c1-4-14(9-5-6-9)8(2)7-11(3,13)10(12)15/h8-9H,4-7,13H2,1-3H3,(H2,12,15). The number of nitrogens with two attached hydrogens (primary N) is 2. The van der Waals surface area contributed by atoms with Gasteiger partial charge in [-0.3, -0.25) is 9.69 Å². The quantitative estimate of drug-likeness (QED) is 0.673. The zero-order chi connectivity index (χ0) is 11.6. The van der Waals surface area contributed by atoms with Crippen molar-refractivity contribution in [3.63, 3.8) is 0 Å². The molecule has 0 aromatic carbocycles. The number of rotatable bonds is 6. The van der Waals surface area contributed by atoms with Crippen molar-refractivity contribution in [2.75, 3.05) is 6.54 Å². The van der Waals surface area contributed by atoms with Crippen molar-refractivity contribution >= 4 is 5.91 Å². The molecule has 2 unspecified atom stereocenters. The summed E-state index contributed by atoms with van der Waals surface area (Å²) >= 11 is 0. The topological polar surface area (TPSA) is 72.3 Å². The number of carbonyl (C=O) groups is 1. The van der Waals surface area contributed by atoms with Crippen LogP contribution in [-0.4, -0.2) is 35.0 Å². The van der Waals surface area contributed by atoms with E-state index >= 15 is 0 Å². The maximum atomic E-state index is 11.1. The fourth-order valence-corrected chi connectivity index (χ4v) is 2.17. The average Bonchev–Trinajstić information content (AvgIpc) is 2.88. The molecule has 4 nitrogen and oxygen atoms in total. The van der Waals surface area contributed by atoms with E-state index in [1.807, 2.05) is 0 Å². The fourth-order valence-electron chi connectivity index (χ4n) is 2.17. The van der Waals surface area contributed by atoms with Crippen LogP contribution in [0.5, 0.6) is 0 Å². The molecule has 1 aliphatic rings. The molecule has 0 aromatic rings. The van der Waals surface area contributed by atoms with Crippen LogP contribution >= 0.6 is 0 Å². The van der Waals surface area contributed by atoms with E-state index < -0.39 is 11.4 Å². The molecular formula is C11H23N3O. The Morgan fingerprint density at radius 1 is 1.60 bits per heavy atom. The van der Waals surface area contributed by atoms with Gasteiger partial charge in [0.1, 0.15) is 0 Å². The lowest BCUT2D eigenvalue weighted by molar-refractivity contribution is -0.123. The summed E-state index contributed by atoms with van der Waals surface area (Å²) in [7, 11) is 0. The molecule has 0 bridgehead atoms. The zero-order valence-corrected chi connectivity index (χ0v) is 9.99. The van der Waals surface area contributed by atoms with Crippen LogP contribution in [-0.2, 0) is 4.79 Å². The summed E-state index contributed by atoms with van der Waals surface area (Å²) in [5.74, 6) is -0.416. The van der Waals surface area contributed by atoms with Gasteiger partial charge in [-0.25, -0.2) is 0 Å². The van der Waals surface area contributed by atoms with Gasteiger partial charge in [0.15, 0.2) is 0 Å². The SMILES string of the molecule is CCN(C(C)CC(C)(N)C(N)=O)C1CC1. The number of primary amides is 1. The molecule has 0 spiro atoms. The Morgan fingerprint density at radius 2 is 2.13 bits per heavy atom. The van der Waals surface area contributed by atoms with Crippen LogP contribution in [0.1, 0.15) is 40.0 Å². The first-order valence-corrected chi connectivity index (χ1v) is 5.73. The van der Waals surface area contributed by atoms with E-state index in [-0.39, 0.29) is 0 Å². The van der Waals surface area contributed by atoms with Gasteiger partial charge >= 0.3 is 0 Å². The van der Waals surface area contributed by atoms with E-state index in [1.165, 1.54) is 12.8 Å². The first kappa shape index (κ1) is 12.5. The van der Waals surface area contributed by atoms with Gasteiger partial charge in [-0.2, -0.15) is 0 Å². The summed E-state index contributed by atoms with van der Waals surface area (Å²) in [6.45, 7) is 7.00. The minimum absolute atomic E-state index is 0.324. The van der Waals surface area contributed by atoms with Crippen LogP contribution < -0.4 is 11.5 Å². The van der Waals surface area contributed by atoms with E-state index in [1.54, 1.807) is 6.92 Å². The molecule has 88 valence electrons. The summed E-state index contributed by atoms with van der Waals surface area (Å²) in [4.78, 5) is 13.5. The van der Waals surface area contributed by atoms with Crippen molar-refractivity contribution in [3.05, 3.63) is 0 Å². The minimum atomic E-state index is -0.887. The molecule has 0 saturated heterocycles. The van der Waals surface area contributed by atoms with Crippen LogP contribution in [0, 0.1) is 0 Å². The highest BCUT2D eigenvalue weighted by Gasteiger charge is 2.35. The number of amides is 1. The molecule has 1 aliphatic carbocycles. The molecule has 1 fully saturated rings. The van der Waals surface area contributed by atoms with Crippen molar-refractivity contribution in [1.82, 2.24) is 4.90 Å². The van der Waals surface area contributed by atoms with Crippen LogP contribution in [0.4, 0.5) is 0 Å². The molecule has 0 aliphatic heterocycles. The number of hydrogen-bond acceptors (Lipinski definition) is 3. The van der Waals surface area contributed by atoms with E-state index in [0.29, 0.717) is 18.5 Å². The maximum absolute atomic E-state index is 11.1. The van der Waals surface area contributed by atoms with E-state index in [0.717, 1.165) is 6.54 Å². The monoisotopic (exact) mass is 213 g/mol. The summed E-state index contributed by atoms with van der Waals surface area (Å²) in [6.07, 6.45) is 3.18. The van der Waals surface area contributed by atoms with Crippen LogP contribution in [0.15, 0.2) is 0 Å². The Hall–Kier alpha value is -0.610. The molecule has 4 heteroatoms. The van der Waals surface area contributed by atoms with Gasteiger partial charge in [-0.05, 0) is 39.7 Å². The van der Waals surface area contributed by atoms with E-state index in [4.69, 9.17) is 11.5 Å². The predicted molar refractivity (Wildman–Crippen MR) is 61.3 cm³/mol. The summed E-state index contributed by atoms with van der Waals surface area (Å²) in [6, 6.07) is 1.03. The number of nitrogens with zero attached hydrogens (tertiary/aromatic N) is 1. The Bertz CT molecular complexity index is 236. The van der Waals surface area contributed by atoms with Gasteiger partial charge in [-0.1, -0.05) is 6.92 Å². The van der Waals surface area contributed by atoms with Gasteiger partial charge in [0.25, 0.3) is 0 Å². The molecule has 1 amide bonds. The molecular weight excluding hydrogens is 190 g/mol. The largest absolute Gasteiger partial charge is 0.368 e. The first-order valence-electron chi connectivity index (χ1n) is 5.73. The lowest BCUT2D eigenvalue weighted by Gasteiger charge is -2.32. The van der Waals surface area contributed by atoms with Gasteiger partial charge in [0.2, 0.25) is 5.91 Å². The smallest absolute Gasteiger partial charge is 0.237 e. The minimum Gasteiger partial charge on any atom is -0.368 e. The van der Waals surface area contributed by atoms with Crippen molar-refractivity contribution in [2.24, 2.45) is 11.5 Å². The lowest BCUT2D eigenvalue weighted by atomic mass is 9.93. The maximum Gasteiger partial charge on any atom is 0.237 e. The van der Waals surface area contributed by atoms with Crippen molar-refractivity contribution in [1.29, 1.82) is 0 Å². The molecule has 0 aromatic heterocycles. The average molecular weight is 213 g/mol. The molecule has 1 rings (SSSR count). The molecule has 0 radical (unpaired) electrons. The highest BCUT2D eigenvalue weighted by Crippen LogP contribution is 2.30. The zero-order valence-electron chi connectivity index (χ0n) is 9.99. The highest BCUT2D eigenvalue weighted by molar-refractivity contribution is 5.83. The molecule has 15 heavy (non-hydrogen) atoms. The Kier molecular flexibility index (Phi) is 3.73. The van der Waals surface area contributed by atoms with Crippen molar-refractivity contribution in [2.45, 2.75) is 57.7 Å². The van der Waals surface area contributed by atoms with Gasteiger partial charge in [-0.15, -0.1) is 0 Å². The first-order chi connectivity index (χ1) is 6.88. The Morgan fingerprint density at radius 3 is 2.47 bits per heavy atom. The molecule has 2 atom stereocenters. The predicted octanol–water partition coefficient (Wildman–Crippen LogP) is 0.452. The summed E-state index contributed by atoms with van der Waals surface area (Å²) in [5.41, 5.74) is 10.3. The molecule has 0 heterocycles. The van der Waals surface area contributed by atoms with Gasteiger partial charge < -0.3 is 11.5 Å². The third-order valence-electron chi connectivity index (χ3n) is 3.23. The highest BCUT2D eigenvalue weighted by atomic mass is 16.1. The van der Waals surface area contributed by atoms with Crippen LogP contribution in [0.25, 0.3) is 0 Å². The van der Waals surface area contributed by atoms with E-state index in [9.17, 15) is 4.79 Å². The molecule has 1 saturated carbocycles. The van der Waals surface area contributed by atoms with Gasteiger partial charge in [0.05, 0.1) is 5.54 Å². The summed E-state index contributed by atoms with van der Waals surface area (Å²) < 4.78 is 0. The Labute approximate surface area is 92.0 Å².